The van der Waals surface area contributed by atoms with Crippen LogP contribution in [0, 0.1) is 0 Å². The monoisotopic (exact) mass is 406 g/mol. The number of ether oxygens (including phenoxy) is 1. The van der Waals surface area contributed by atoms with E-state index in [9.17, 15) is 13.2 Å². The van der Waals surface area contributed by atoms with Gasteiger partial charge in [-0.1, -0.05) is 23.7 Å². The molecule has 6 nitrogen and oxygen atoms in total. The molecule has 1 aliphatic carbocycles. The maximum atomic E-state index is 12.4. The normalized spacial score (nSPS) is 14.3. The second-order valence-electron chi connectivity index (χ2n) is 6.14. The Kier molecular flexibility index (Phi) is 5.84. The predicted molar refractivity (Wildman–Crippen MR) is 105 cm³/mol. The summed E-state index contributed by atoms with van der Waals surface area (Å²) in [5, 5.41) is 3.22. The van der Waals surface area contributed by atoms with Crippen molar-refractivity contribution in [3.05, 3.63) is 59.1 Å². The molecule has 0 bridgehead atoms. The lowest BCUT2D eigenvalue weighted by molar-refractivity contribution is -0.111. The summed E-state index contributed by atoms with van der Waals surface area (Å²) in [5.74, 6) is -0.0529. The van der Waals surface area contributed by atoms with Gasteiger partial charge in [0.2, 0.25) is 15.9 Å². The van der Waals surface area contributed by atoms with Crippen LogP contribution in [0.15, 0.2) is 53.4 Å². The van der Waals surface area contributed by atoms with Crippen LogP contribution in [0.3, 0.4) is 0 Å². The molecular formula is C19H19ClN2O4S. The van der Waals surface area contributed by atoms with Crippen LogP contribution >= 0.6 is 11.6 Å². The number of hydrogen-bond acceptors (Lipinski definition) is 4. The van der Waals surface area contributed by atoms with Crippen LogP contribution in [0.4, 0.5) is 5.69 Å². The highest BCUT2D eigenvalue weighted by atomic mass is 35.5. The highest BCUT2D eigenvalue weighted by molar-refractivity contribution is 7.89. The molecule has 2 N–H and O–H groups in total. The van der Waals surface area contributed by atoms with Gasteiger partial charge in [0.1, 0.15) is 5.75 Å². The van der Waals surface area contributed by atoms with Crippen molar-refractivity contribution in [2.24, 2.45) is 0 Å². The molecule has 2 aromatic rings. The molecule has 8 heteroatoms. The second kappa shape index (κ2) is 8.12. The molecule has 0 aromatic heterocycles. The Bertz CT molecular complexity index is 985. The van der Waals surface area contributed by atoms with Crippen molar-refractivity contribution in [1.29, 1.82) is 0 Å². The largest absolute Gasteiger partial charge is 0.495 e. The zero-order valence-corrected chi connectivity index (χ0v) is 16.2. The van der Waals surface area contributed by atoms with Gasteiger partial charge in [0.15, 0.2) is 0 Å². The average molecular weight is 407 g/mol. The van der Waals surface area contributed by atoms with E-state index in [4.69, 9.17) is 16.3 Å². The van der Waals surface area contributed by atoms with E-state index in [0.717, 1.165) is 18.4 Å². The number of nitrogens with one attached hydrogen (secondary N) is 2. The Morgan fingerprint density at radius 2 is 2.00 bits per heavy atom. The average Bonchev–Trinajstić information content (AvgIpc) is 3.43. The summed E-state index contributed by atoms with van der Waals surface area (Å²) in [6.45, 7) is 0. The Morgan fingerprint density at radius 3 is 2.67 bits per heavy atom. The minimum absolute atomic E-state index is 0.00391. The third-order valence-corrected chi connectivity index (χ3v) is 5.67. The third-order valence-electron chi connectivity index (χ3n) is 3.91. The van der Waals surface area contributed by atoms with Gasteiger partial charge < -0.3 is 10.1 Å². The SMILES string of the molecule is COc1ccc(S(=O)(=O)NC2CC2)cc1NC(=O)/C=C/c1cccc(Cl)c1. The fourth-order valence-electron chi connectivity index (χ4n) is 2.40. The highest BCUT2D eigenvalue weighted by Gasteiger charge is 2.28. The Balaban J connectivity index is 1.78. The molecule has 27 heavy (non-hydrogen) atoms. The molecule has 1 aliphatic rings. The fraction of sp³-hybridized carbons (Fsp3) is 0.211. The number of methoxy groups -OCH3 is 1. The molecule has 2 aromatic carbocycles. The van der Waals surface area contributed by atoms with Gasteiger partial charge >= 0.3 is 0 Å². The first-order valence-corrected chi connectivity index (χ1v) is 10.2. The molecule has 142 valence electrons. The van der Waals surface area contributed by atoms with Crippen LogP contribution in [-0.4, -0.2) is 27.5 Å². The number of anilines is 1. The van der Waals surface area contributed by atoms with Gasteiger partial charge in [0.25, 0.3) is 0 Å². The minimum atomic E-state index is -3.63. The van der Waals surface area contributed by atoms with Gasteiger partial charge in [-0.2, -0.15) is 0 Å². The molecule has 1 fully saturated rings. The summed E-state index contributed by atoms with van der Waals surface area (Å²) >= 11 is 5.92. The van der Waals surface area contributed by atoms with Crippen molar-refractivity contribution in [1.82, 2.24) is 4.72 Å². The second-order valence-corrected chi connectivity index (χ2v) is 8.29. The van der Waals surface area contributed by atoms with E-state index in [1.807, 2.05) is 6.07 Å². The van der Waals surface area contributed by atoms with E-state index < -0.39 is 15.9 Å². The molecule has 0 heterocycles. The topological polar surface area (TPSA) is 84.5 Å². The molecule has 3 rings (SSSR count). The summed E-state index contributed by atoms with van der Waals surface area (Å²) < 4.78 is 32.6. The van der Waals surface area contributed by atoms with Crippen LogP contribution < -0.4 is 14.8 Å². The Morgan fingerprint density at radius 1 is 1.22 bits per heavy atom. The van der Waals surface area contributed by atoms with E-state index in [1.165, 1.54) is 31.4 Å². The number of amides is 1. The molecular weight excluding hydrogens is 388 g/mol. The van der Waals surface area contributed by atoms with Gasteiger partial charge in [0, 0.05) is 17.1 Å². The lowest BCUT2D eigenvalue weighted by Gasteiger charge is -2.12. The van der Waals surface area contributed by atoms with Gasteiger partial charge in [-0.05, 0) is 54.8 Å². The third kappa shape index (κ3) is 5.32. The number of rotatable bonds is 7. The minimum Gasteiger partial charge on any atom is -0.495 e. The van der Waals surface area contributed by atoms with Crippen molar-refractivity contribution in [2.45, 2.75) is 23.8 Å². The molecule has 0 radical (unpaired) electrons. The van der Waals surface area contributed by atoms with E-state index >= 15 is 0 Å². The first kappa shape index (κ1) is 19.4. The standard InChI is InChI=1S/C19H19ClN2O4S/c1-26-18-9-8-16(27(24,25)22-15-6-7-15)12-17(18)21-19(23)10-5-13-3-2-4-14(20)11-13/h2-5,8-12,15,22H,6-7H2,1H3,(H,21,23)/b10-5+. The van der Waals surface area contributed by atoms with Gasteiger partial charge in [-0.25, -0.2) is 13.1 Å². The van der Waals surface area contributed by atoms with Crippen LogP contribution in [-0.2, 0) is 14.8 Å². The summed E-state index contributed by atoms with van der Waals surface area (Å²) in [4.78, 5) is 12.3. The number of halogens is 1. The molecule has 1 amide bonds. The summed E-state index contributed by atoms with van der Waals surface area (Å²) in [7, 11) is -2.18. The predicted octanol–water partition coefficient (Wildman–Crippen LogP) is 3.44. The summed E-state index contributed by atoms with van der Waals surface area (Å²) in [5.41, 5.74) is 1.05. The Labute approximate surface area is 163 Å². The van der Waals surface area contributed by atoms with Crippen LogP contribution in [0.5, 0.6) is 5.75 Å². The van der Waals surface area contributed by atoms with Gasteiger partial charge in [0.05, 0.1) is 17.7 Å². The Hall–Kier alpha value is -2.35. The summed E-state index contributed by atoms with van der Waals surface area (Å²) in [6, 6.07) is 11.4. The number of carbonyl (C=O) groups is 1. The van der Waals surface area contributed by atoms with Crippen molar-refractivity contribution in [3.8, 4) is 5.75 Å². The fourth-order valence-corrected chi connectivity index (χ4v) is 3.93. The molecule has 1 saturated carbocycles. The molecule has 0 aliphatic heterocycles. The van der Waals surface area contributed by atoms with Crippen LogP contribution in [0.25, 0.3) is 6.08 Å². The van der Waals surface area contributed by atoms with E-state index in [1.54, 1.807) is 24.3 Å². The summed E-state index contributed by atoms with van der Waals surface area (Å²) in [6.07, 6.45) is 4.64. The quantitative estimate of drug-likeness (QED) is 0.690. The zero-order valence-electron chi connectivity index (χ0n) is 14.6. The first-order valence-electron chi connectivity index (χ1n) is 8.32. The van der Waals surface area contributed by atoms with Crippen molar-refractivity contribution >= 4 is 39.3 Å². The number of carbonyl (C=O) groups excluding carboxylic acids is 1. The van der Waals surface area contributed by atoms with E-state index in [-0.39, 0.29) is 16.6 Å². The zero-order chi connectivity index (χ0) is 19.4. The van der Waals surface area contributed by atoms with Crippen LogP contribution in [0.1, 0.15) is 18.4 Å². The lowest BCUT2D eigenvalue weighted by atomic mass is 10.2. The van der Waals surface area contributed by atoms with Gasteiger partial charge in [-0.15, -0.1) is 0 Å². The van der Waals surface area contributed by atoms with Crippen LogP contribution in [0.2, 0.25) is 5.02 Å². The molecule has 0 saturated heterocycles. The molecule has 0 unspecified atom stereocenters. The molecule has 0 spiro atoms. The number of benzene rings is 2. The first-order chi connectivity index (χ1) is 12.9. The highest BCUT2D eigenvalue weighted by Crippen LogP contribution is 2.29. The number of sulfonamides is 1. The van der Waals surface area contributed by atoms with E-state index in [2.05, 4.69) is 10.0 Å². The van der Waals surface area contributed by atoms with Crippen molar-refractivity contribution in [3.63, 3.8) is 0 Å². The number of hydrogen-bond donors (Lipinski definition) is 2. The van der Waals surface area contributed by atoms with E-state index in [0.29, 0.717) is 10.8 Å². The van der Waals surface area contributed by atoms with Crippen molar-refractivity contribution < 1.29 is 17.9 Å². The lowest BCUT2D eigenvalue weighted by Crippen LogP contribution is -2.25. The van der Waals surface area contributed by atoms with Crippen molar-refractivity contribution in [2.75, 3.05) is 12.4 Å². The van der Waals surface area contributed by atoms with Gasteiger partial charge in [-0.3, -0.25) is 4.79 Å². The maximum absolute atomic E-state index is 12.4. The maximum Gasteiger partial charge on any atom is 0.248 e. The molecule has 0 atom stereocenters. The smallest absolute Gasteiger partial charge is 0.248 e.